The molecule has 6 heteroatoms. The van der Waals surface area contributed by atoms with Gasteiger partial charge in [-0.1, -0.05) is 50.3 Å². The zero-order valence-electron chi connectivity index (χ0n) is 11.6. The molecule has 0 saturated carbocycles. The summed E-state index contributed by atoms with van der Waals surface area (Å²) in [7, 11) is 0. The maximum Gasteiger partial charge on any atom is 0.235 e. The first-order valence-electron chi connectivity index (χ1n) is 6.37. The summed E-state index contributed by atoms with van der Waals surface area (Å²) in [5.41, 5.74) is 2.08. The van der Waals surface area contributed by atoms with Gasteiger partial charge in [-0.25, -0.2) is 0 Å². The van der Waals surface area contributed by atoms with Crippen molar-refractivity contribution in [3.05, 3.63) is 35.7 Å². The van der Waals surface area contributed by atoms with Crippen LogP contribution in [0.4, 0.5) is 0 Å². The van der Waals surface area contributed by atoms with Crippen LogP contribution in [0.5, 0.6) is 0 Å². The lowest BCUT2D eigenvalue weighted by Gasteiger charge is -2.13. The summed E-state index contributed by atoms with van der Waals surface area (Å²) in [6.07, 6.45) is 0. The molecular formula is C14H15ClN4S. The lowest BCUT2D eigenvalue weighted by molar-refractivity contribution is 0.528. The van der Waals surface area contributed by atoms with Crippen LogP contribution in [-0.4, -0.2) is 19.8 Å². The number of hydrogen-bond donors (Lipinski definition) is 0. The van der Waals surface area contributed by atoms with E-state index in [-0.39, 0.29) is 5.41 Å². The van der Waals surface area contributed by atoms with Crippen LogP contribution in [0.25, 0.3) is 15.5 Å². The fourth-order valence-electron chi connectivity index (χ4n) is 1.99. The standard InChI is InChI=1S/C14H15ClN4S/c1-14(2,3)12-16-17-13-19(12)18-11(20-13)10-6-4-5-9(7-10)8-15/h4-7H,8H2,1-3H3. The van der Waals surface area contributed by atoms with Gasteiger partial charge in [0.25, 0.3) is 0 Å². The number of aromatic nitrogens is 4. The minimum Gasteiger partial charge on any atom is -0.186 e. The van der Waals surface area contributed by atoms with Gasteiger partial charge in [0.15, 0.2) is 5.82 Å². The van der Waals surface area contributed by atoms with Crippen LogP contribution in [0.15, 0.2) is 24.3 Å². The normalized spacial score (nSPS) is 12.2. The first kappa shape index (κ1) is 13.5. The van der Waals surface area contributed by atoms with Crippen molar-refractivity contribution in [2.75, 3.05) is 0 Å². The number of alkyl halides is 1. The number of hydrogen-bond acceptors (Lipinski definition) is 4. The summed E-state index contributed by atoms with van der Waals surface area (Å²) >= 11 is 7.43. The summed E-state index contributed by atoms with van der Waals surface area (Å²) in [4.78, 5) is 0.821. The fraction of sp³-hybridized carbons (Fsp3) is 0.357. The largest absolute Gasteiger partial charge is 0.235 e. The molecule has 0 unspecified atom stereocenters. The second kappa shape index (κ2) is 4.82. The van der Waals surface area contributed by atoms with E-state index in [9.17, 15) is 0 Å². The fourth-order valence-corrected chi connectivity index (χ4v) is 2.99. The van der Waals surface area contributed by atoms with Crippen LogP contribution < -0.4 is 0 Å². The summed E-state index contributed by atoms with van der Waals surface area (Å²) in [5, 5.41) is 14.0. The predicted octanol–water partition coefficient (Wildman–Crippen LogP) is 3.89. The lowest BCUT2D eigenvalue weighted by atomic mass is 9.96. The van der Waals surface area contributed by atoms with Gasteiger partial charge >= 0.3 is 0 Å². The van der Waals surface area contributed by atoms with E-state index in [2.05, 4.69) is 42.1 Å². The highest BCUT2D eigenvalue weighted by Gasteiger charge is 2.23. The van der Waals surface area contributed by atoms with Gasteiger partial charge in [-0.2, -0.15) is 9.61 Å². The van der Waals surface area contributed by atoms with E-state index in [1.54, 1.807) is 11.3 Å². The topological polar surface area (TPSA) is 43.1 Å². The molecule has 0 amide bonds. The Hall–Kier alpha value is -1.46. The van der Waals surface area contributed by atoms with E-state index >= 15 is 0 Å². The molecule has 104 valence electrons. The number of fused-ring (bicyclic) bond motifs is 1. The third kappa shape index (κ3) is 2.31. The van der Waals surface area contributed by atoms with Gasteiger partial charge in [0.2, 0.25) is 4.96 Å². The summed E-state index contributed by atoms with van der Waals surface area (Å²) in [6, 6.07) is 8.12. The molecule has 0 N–H and O–H groups in total. The maximum atomic E-state index is 5.88. The van der Waals surface area contributed by atoms with Gasteiger partial charge < -0.3 is 0 Å². The van der Waals surface area contributed by atoms with Gasteiger partial charge in [0, 0.05) is 16.9 Å². The smallest absolute Gasteiger partial charge is 0.186 e. The van der Waals surface area contributed by atoms with Crippen LogP contribution in [0.2, 0.25) is 0 Å². The maximum absolute atomic E-state index is 5.88. The van der Waals surface area contributed by atoms with Crippen molar-refractivity contribution in [2.24, 2.45) is 0 Å². The van der Waals surface area contributed by atoms with Crippen molar-refractivity contribution in [3.63, 3.8) is 0 Å². The van der Waals surface area contributed by atoms with Gasteiger partial charge in [-0.15, -0.1) is 21.8 Å². The minimum atomic E-state index is -0.0806. The highest BCUT2D eigenvalue weighted by atomic mass is 35.5. The highest BCUT2D eigenvalue weighted by molar-refractivity contribution is 7.19. The molecule has 0 atom stereocenters. The average molecular weight is 307 g/mol. The van der Waals surface area contributed by atoms with Crippen molar-refractivity contribution < 1.29 is 0 Å². The zero-order chi connectivity index (χ0) is 14.3. The third-order valence-corrected chi connectivity index (χ3v) is 4.25. The lowest BCUT2D eigenvalue weighted by Crippen LogP contribution is -2.16. The van der Waals surface area contributed by atoms with Gasteiger partial charge in [0.05, 0.1) is 0 Å². The Kier molecular flexibility index (Phi) is 3.26. The van der Waals surface area contributed by atoms with E-state index in [1.807, 2.05) is 22.7 Å². The SMILES string of the molecule is CC(C)(C)c1nnc2sc(-c3cccc(CCl)c3)nn12. The van der Waals surface area contributed by atoms with Crippen LogP contribution in [0.1, 0.15) is 32.2 Å². The Balaban J connectivity index is 2.11. The summed E-state index contributed by atoms with van der Waals surface area (Å²) in [6.45, 7) is 6.32. The Morgan fingerprint density at radius 3 is 2.75 bits per heavy atom. The van der Waals surface area contributed by atoms with Crippen molar-refractivity contribution in [3.8, 4) is 10.6 Å². The molecule has 3 aromatic rings. The zero-order valence-corrected chi connectivity index (χ0v) is 13.2. The molecule has 0 bridgehead atoms. The summed E-state index contributed by atoms with van der Waals surface area (Å²) in [5.74, 6) is 1.38. The van der Waals surface area contributed by atoms with Crippen molar-refractivity contribution in [1.82, 2.24) is 19.8 Å². The first-order valence-corrected chi connectivity index (χ1v) is 7.72. The molecule has 3 rings (SSSR count). The highest BCUT2D eigenvalue weighted by Crippen LogP contribution is 2.29. The minimum absolute atomic E-state index is 0.0806. The quantitative estimate of drug-likeness (QED) is 0.675. The Bertz CT molecular complexity index is 754. The molecule has 0 aliphatic carbocycles. The second-order valence-electron chi connectivity index (χ2n) is 5.71. The van der Waals surface area contributed by atoms with Gasteiger partial charge in [-0.3, -0.25) is 0 Å². The predicted molar refractivity (Wildman–Crippen MR) is 82.4 cm³/mol. The number of halogens is 1. The van der Waals surface area contributed by atoms with Crippen LogP contribution in [0, 0.1) is 0 Å². The van der Waals surface area contributed by atoms with Crippen LogP contribution >= 0.6 is 22.9 Å². The van der Waals surface area contributed by atoms with E-state index in [1.165, 1.54) is 0 Å². The molecular weight excluding hydrogens is 292 g/mol. The van der Waals surface area contributed by atoms with Crippen LogP contribution in [0.3, 0.4) is 0 Å². The molecule has 20 heavy (non-hydrogen) atoms. The molecule has 0 aliphatic heterocycles. The van der Waals surface area contributed by atoms with Crippen molar-refractivity contribution in [1.29, 1.82) is 0 Å². The van der Waals surface area contributed by atoms with Gasteiger partial charge in [0.1, 0.15) is 5.01 Å². The molecule has 0 fully saturated rings. The molecule has 1 aromatic carbocycles. The first-order chi connectivity index (χ1) is 9.49. The van der Waals surface area contributed by atoms with E-state index in [0.29, 0.717) is 5.88 Å². The second-order valence-corrected chi connectivity index (χ2v) is 6.93. The average Bonchev–Trinajstić information content (AvgIpc) is 2.97. The molecule has 0 aliphatic rings. The number of nitrogens with zero attached hydrogens (tertiary/aromatic N) is 4. The third-order valence-electron chi connectivity index (χ3n) is 2.99. The van der Waals surface area contributed by atoms with E-state index in [4.69, 9.17) is 11.6 Å². The molecule has 2 heterocycles. The molecule has 0 spiro atoms. The van der Waals surface area contributed by atoms with Gasteiger partial charge in [-0.05, 0) is 11.6 Å². The van der Waals surface area contributed by atoms with E-state index in [0.717, 1.165) is 26.9 Å². The number of rotatable bonds is 2. The van der Waals surface area contributed by atoms with Crippen LogP contribution in [-0.2, 0) is 11.3 Å². The Labute approximate surface area is 126 Å². The molecule has 4 nitrogen and oxygen atoms in total. The van der Waals surface area contributed by atoms with Crippen molar-refractivity contribution in [2.45, 2.75) is 32.1 Å². The van der Waals surface area contributed by atoms with E-state index < -0.39 is 0 Å². The molecule has 0 radical (unpaired) electrons. The molecule has 0 saturated heterocycles. The summed E-state index contributed by atoms with van der Waals surface area (Å²) < 4.78 is 1.84. The Morgan fingerprint density at radius 1 is 1.25 bits per heavy atom. The Morgan fingerprint density at radius 2 is 2.05 bits per heavy atom. The monoisotopic (exact) mass is 306 g/mol. The number of benzene rings is 1. The molecule has 2 aromatic heterocycles. The van der Waals surface area contributed by atoms with Crippen molar-refractivity contribution >= 4 is 27.9 Å².